The average molecular weight is 460 g/mol. The molecule has 5 nitrogen and oxygen atoms in total. The van der Waals surface area contributed by atoms with Gasteiger partial charge in [0.1, 0.15) is 0 Å². The summed E-state index contributed by atoms with van der Waals surface area (Å²) < 4.78 is 2.12. The SMILES string of the molecule is C=C(C)Cc1cc(N)c(/C(C)=N/NC(=C)Cc2ccc3c(ccn3C)c2)cc1C(C)C.CNC. The molecule has 0 saturated heterocycles. The van der Waals surface area contributed by atoms with Crippen LogP contribution in [0.3, 0.4) is 0 Å². The number of aromatic nitrogens is 1. The van der Waals surface area contributed by atoms with Crippen molar-refractivity contribution >= 4 is 22.3 Å². The van der Waals surface area contributed by atoms with E-state index in [1.807, 2.05) is 27.9 Å². The number of nitrogens with two attached hydrogens (primary N) is 1. The molecule has 2 aromatic carbocycles. The van der Waals surface area contributed by atoms with Gasteiger partial charge in [-0.1, -0.05) is 38.6 Å². The minimum absolute atomic E-state index is 0.400. The molecule has 34 heavy (non-hydrogen) atoms. The number of hydrazone groups is 1. The van der Waals surface area contributed by atoms with Crippen molar-refractivity contribution in [3.05, 3.63) is 89.3 Å². The Morgan fingerprint density at radius 2 is 1.74 bits per heavy atom. The summed E-state index contributed by atoms with van der Waals surface area (Å²) in [6.07, 6.45) is 3.63. The quantitative estimate of drug-likeness (QED) is 0.170. The van der Waals surface area contributed by atoms with Gasteiger partial charge in [0.2, 0.25) is 0 Å². The summed E-state index contributed by atoms with van der Waals surface area (Å²) >= 11 is 0. The van der Waals surface area contributed by atoms with Gasteiger partial charge >= 0.3 is 0 Å². The highest BCUT2D eigenvalue weighted by atomic mass is 15.3. The maximum absolute atomic E-state index is 6.39. The van der Waals surface area contributed by atoms with Crippen molar-refractivity contribution in [1.29, 1.82) is 0 Å². The number of fused-ring (bicyclic) bond motifs is 1. The Morgan fingerprint density at radius 1 is 1.06 bits per heavy atom. The van der Waals surface area contributed by atoms with Crippen molar-refractivity contribution in [3.63, 3.8) is 0 Å². The van der Waals surface area contributed by atoms with Crippen molar-refractivity contribution in [3.8, 4) is 0 Å². The van der Waals surface area contributed by atoms with Crippen LogP contribution < -0.4 is 16.5 Å². The Morgan fingerprint density at radius 3 is 2.35 bits per heavy atom. The first-order chi connectivity index (χ1) is 16.1. The first kappa shape index (κ1) is 26.9. The van der Waals surface area contributed by atoms with E-state index in [0.717, 1.165) is 34.7 Å². The van der Waals surface area contributed by atoms with Crippen LogP contribution >= 0.6 is 0 Å². The second-order valence-corrected chi connectivity index (χ2v) is 9.34. The standard InChI is InChI=1S/C27H34N4.C2H7N/c1-17(2)12-23-15-26(28)25(16-24(23)18(3)4)20(6)30-29-19(5)13-21-8-9-27-22(14-21)10-11-31(27)7;1-3-2/h8-11,14-16,18,29H,1,5,12-13,28H2,2-4,6-7H3;3H,1-2H3/b30-20+;. The number of rotatable bonds is 8. The van der Waals surface area contributed by atoms with E-state index in [1.165, 1.54) is 27.6 Å². The molecule has 0 aliphatic rings. The molecule has 0 unspecified atom stereocenters. The zero-order valence-electron chi connectivity index (χ0n) is 21.9. The number of benzene rings is 2. The van der Waals surface area contributed by atoms with Gasteiger partial charge in [-0.2, -0.15) is 5.10 Å². The van der Waals surface area contributed by atoms with Crippen LogP contribution in [0.25, 0.3) is 10.9 Å². The van der Waals surface area contributed by atoms with Crippen molar-refractivity contribution in [1.82, 2.24) is 15.3 Å². The van der Waals surface area contributed by atoms with Gasteiger partial charge in [-0.3, -0.25) is 5.43 Å². The molecule has 182 valence electrons. The van der Waals surface area contributed by atoms with Crippen LogP contribution in [0, 0.1) is 0 Å². The van der Waals surface area contributed by atoms with Crippen LogP contribution in [-0.2, 0) is 19.9 Å². The second kappa shape index (κ2) is 12.2. The number of nitrogen functional groups attached to an aromatic ring is 1. The summed E-state index contributed by atoms with van der Waals surface area (Å²) in [4.78, 5) is 0. The summed E-state index contributed by atoms with van der Waals surface area (Å²) in [6, 6.07) is 12.9. The van der Waals surface area contributed by atoms with Gasteiger partial charge in [0.05, 0.1) is 5.71 Å². The number of hydrogen-bond donors (Lipinski definition) is 3. The van der Waals surface area contributed by atoms with E-state index in [0.29, 0.717) is 12.3 Å². The molecule has 0 saturated carbocycles. The third-order valence-electron chi connectivity index (χ3n) is 5.56. The Balaban J connectivity index is 0.00000129. The van der Waals surface area contributed by atoms with Crippen LogP contribution in [-0.4, -0.2) is 24.4 Å². The number of aryl methyl sites for hydroxylation is 1. The third-order valence-corrected chi connectivity index (χ3v) is 5.56. The van der Waals surface area contributed by atoms with Gasteiger partial charge in [0, 0.05) is 42.1 Å². The highest BCUT2D eigenvalue weighted by Crippen LogP contribution is 2.27. The number of allylic oxidation sites excluding steroid dienone is 2. The zero-order chi connectivity index (χ0) is 25.4. The molecule has 1 aromatic heterocycles. The fourth-order valence-corrected chi connectivity index (χ4v) is 3.96. The molecule has 3 rings (SSSR count). The maximum Gasteiger partial charge on any atom is 0.0669 e. The largest absolute Gasteiger partial charge is 0.398 e. The Kier molecular flexibility index (Phi) is 9.69. The van der Waals surface area contributed by atoms with Gasteiger partial charge in [-0.15, -0.1) is 0 Å². The zero-order valence-corrected chi connectivity index (χ0v) is 21.9. The molecular weight excluding hydrogens is 418 g/mol. The van der Waals surface area contributed by atoms with Gasteiger partial charge in [0.15, 0.2) is 0 Å². The van der Waals surface area contributed by atoms with Gasteiger partial charge < -0.3 is 15.6 Å². The minimum atomic E-state index is 0.400. The Labute approximate surface area is 205 Å². The van der Waals surface area contributed by atoms with E-state index in [9.17, 15) is 0 Å². The lowest BCUT2D eigenvalue weighted by Crippen LogP contribution is -2.13. The molecule has 0 bridgehead atoms. The predicted molar refractivity (Wildman–Crippen MR) is 150 cm³/mol. The third kappa shape index (κ3) is 7.09. The maximum atomic E-state index is 6.39. The number of nitrogens with one attached hydrogen (secondary N) is 2. The normalized spacial score (nSPS) is 11.4. The fourth-order valence-electron chi connectivity index (χ4n) is 3.96. The topological polar surface area (TPSA) is 67.4 Å². The van der Waals surface area contributed by atoms with E-state index in [2.05, 4.69) is 97.1 Å². The molecule has 0 fully saturated rings. The first-order valence-electron chi connectivity index (χ1n) is 11.7. The van der Waals surface area contributed by atoms with E-state index < -0.39 is 0 Å². The molecule has 0 atom stereocenters. The molecule has 0 aliphatic carbocycles. The van der Waals surface area contributed by atoms with E-state index >= 15 is 0 Å². The van der Waals surface area contributed by atoms with Crippen LogP contribution in [0.5, 0.6) is 0 Å². The predicted octanol–water partition coefficient (Wildman–Crippen LogP) is 5.91. The van der Waals surface area contributed by atoms with Crippen LogP contribution in [0.2, 0.25) is 0 Å². The fraction of sp³-hybridized carbons (Fsp3) is 0.345. The smallest absolute Gasteiger partial charge is 0.0669 e. The van der Waals surface area contributed by atoms with Gasteiger partial charge in [0.25, 0.3) is 0 Å². The monoisotopic (exact) mass is 459 g/mol. The van der Waals surface area contributed by atoms with Gasteiger partial charge in [-0.25, -0.2) is 0 Å². The molecule has 4 N–H and O–H groups in total. The van der Waals surface area contributed by atoms with Crippen LogP contribution in [0.15, 0.2) is 72.1 Å². The van der Waals surface area contributed by atoms with Crippen molar-refractivity contribution < 1.29 is 0 Å². The number of anilines is 1. The van der Waals surface area contributed by atoms with E-state index in [1.54, 1.807) is 0 Å². The van der Waals surface area contributed by atoms with Gasteiger partial charge in [-0.05, 0) is 92.7 Å². The molecule has 3 aromatic rings. The summed E-state index contributed by atoms with van der Waals surface area (Å²) in [7, 11) is 5.81. The van der Waals surface area contributed by atoms with E-state index in [-0.39, 0.29) is 0 Å². The Hall–Kier alpha value is -3.31. The minimum Gasteiger partial charge on any atom is -0.398 e. The second-order valence-electron chi connectivity index (χ2n) is 9.34. The van der Waals surface area contributed by atoms with E-state index in [4.69, 9.17) is 5.73 Å². The molecule has 5 heteroatoms. The Bertz CT molecular complexity index is 1180. The first-order valence-corrected chi connectivity index (χ1v) is 11.7. The van der Waals surface area contributed by atoms with Crippen LogP contribution in [0.1, 0.15) is 55.9 Å². The molecule has 0 aliphatic heterocycles. The average Bonchev–Trinajstić information content (AvgIpc) is 3.12. The lowest BCUT2D eigenvalue weighted by Gasteiger charge is -2.17. The number of hydrogen-bond acceptors (Lipinski definition) is 4. The highest BCUT2D eigenvalue weighted by Gasteiger charge is 2.13. The summed E-state index contributed by atoms with van der Waals surface area (Å²) in [5.41, 5.74) is 19.0. The van der Waals surface area contributed by atoms with Crippen LogP contribution in [0.4, 0.5) is 5.69 Å². The number of nitrogens with zero attached hydrogens (tertiary/aromatic N) is 2. The molecule has 1 heterocycles. The van der Waals surface area contributed by atoms with Crippen molar-refractivity contribution in [2.75, 3.05) is 19.8 Å². The molecule has 0 radical (unpaired) electrons. The lowest BCUT2D eigenvalue weighted by atomic mass is 9.90. The van der Waals surface area contributed by atoms with Crippen molar-refractivity contribution in [2.45, 2.75) is 46.5 Å². The summed E-state index contributed by atoms with van der Waals surface area (Å²) in [5, 5.41) is 8.56. The molecule has 0 spiro atoms. The lowest BCUT2D eigenvalue weighted by molar-refractivity contribution is 0.842. The summed E-state index contributed by atoms with van der Waals surface area (Å²) in [6.45, 7) is 16.6. The van der Waals surface area contributed by atoms with Crippen molar-refractivity contribution in [2.24, 2.45) is 12.1 Å². The highest BCUT2D eigenvalue weighted by molar-refractivity contribution is 6.03. The summed E-state index contributed by atoms with van der Waals surface area (Å²) in [5.74, 6) is 0.400. The molecular formula is C29H41N5. The molecule has 0 amide bonds.